The van der Waals surface area contributed by atoms with Gasteiger partial charge in [-0.15, -0.1) is 0 Å². The third kappa shape index (κ3) is 7.98. The third-order valence-electron chi connectivity index (χ3n) is 4.09. The predicted molar refractivity (Wildman–Crippen MR) is 121 cm³/mol. The summed E-state index contributed by atoms with van der Waals surface area (Å²) in [5.41, 5.74) is 8.45. The summed E-state index contributed by atoms with van der Waals surface area (Å²) >= 11 is 0. The molecule has 0 amide bonds. The van der Waals surface area contributed by atoms with E-state index in [2.05, 4.69) is 0 Å². The lowest BCUT2D eigenvalue weighted by Crippen LogP contribution is -2.06. The van der Waals surface area contributed by atoms with Crippen LogP contribution in [0.3, 0.4) is 0 Å². The Labute approximate surface area is 176 Å². The van der Waals surface area contributed by atoms with E-state index >= 15 is 0 Å². The smallest absolute Gasteiger partial charge is 0.306 e. The van der Waals surface area contributed by atoms with E-state index in [0.717, 1.165) is 11.1 Å². The second-order valence-electron chi connectivity index (χ2n) is 6.43. The maximum Gasteiger partial charge on any atom is 0.306 e. The van der Waals surface area contributed by atoms with Crippen LogP contribution in [0.25, 0.3) is 6.08 Å². The van der Waals surface area contributed by atoms with E-state index in [1.54, 1.807) is 36.4 Å². The molecule has 0 bridgehead atoms. The maximum absolute atomic E-state index is 11.6. The summed E-state index contributed by atoms with van der Waals surface area (Å²) in [6, 6.07) is 14.8. The van der Waals surface area contributed by atoms with Gasteiger partial charge in [-0.1, -0.05) is 54.6 Å². The zero-order valence-electron chi connectivity index (χ0n) is 16.5. The Bertz CT molecular complexity index is 954. The Hall–Kier alpha value is -3.93. The molecule has 0 aromatic heterocycles. The Morgan fingerprint density at radius 1 is 1.03 bits per heavy atom. The summed E-state index contributed by atoms with van der Waals surface area (Å²) in [6.45, 7) is 0.255. The van der Waals surface area contributed by atoms with E-state index < -0.39 is 0 Å². The van der Waals surface area contributed by atoms with Crippen molar-refractivity contribution in [3.05, 3.63) is 90.0 Å². The van der Waals surface area contributed by atoms with E-state index in [1.807, 2.05) is 42.5 Å². The minimum absolute atomic E-state index is 0.0531. The summed E-state index contributed by atoms with van der Waals surface area (Å²) in [4.78, 5) is 11.6. The van der Waals surface area contributed by atoms with Crippen LogP contribution < -0.4 is 5.73 Å². The average molecular weight is 403 g/mol. The average Bonchev–Trinajstić information content (AvgIpc) is 2.75. The lowest BCUT2D eigenvalue weighted by atomic mass is 10.1. The molecule has 3 rings (SSSR count). The first-order chi connectivity index (χ1) is 14.5. The van der Waals surface area contributed by atoms with Crippen LogP contribution in [0, 0.1) is 10.8 Å². The number of hydrogen-bond acceptors (Lipinski definition) is 6. The van der Waals surface area contributed by atoms with Gasteiger partial charge in [0.15, 0.2) is 0 Å². The van der Waals surface area contributed by atoms with Crippen molar-refractivity contribution < 1.29 is 14.6 Å². The number of rotatable bonds is 6. The number of esters is 1. The van der Waals surface area contributed by atoms with E-state index in [0.29, 0.717) is 12.1 Å². The van der Waals surface area contributed by atoms with Crippen molar-refractivity contribution >= 4 is 29.2 Å². The summed E-state index contributed by atoms with van der Waals surface area (Å²) in [7, 11) is 0. The molecule has 30 heavy (non-hydrogen) atoms. The molecule has 0 atom stereocenters. The molecule has 1 aliphatic rings. The van der Waals surface area contributed by atoms with Crippen LogP contribution >= 0.6 is 0 Å². The Morgan fingerprint density at radius 3 is 2.30 bits per heavy atom. The van der Waals surface area contributed by atoms with Gasteiger partial charge in [0.1, 0.15) is 12.4 Å². The van der Waals surface area contributed by atoms with Crippen LogP contribution in [0.15, 0.2) is 78.9 Å². The van der Waals surface area contributed by atoms with Gasteiger partial charge in [0, 0.05) is 6.42 Å². The Kier molecular flexibility index (Phi) is 8.80. The van der Waals surface area contributed by atoms with Crippen LogP contribution in [0.4, 0.5) is 5.69 Å². The van der Waals surface area contributed by atoms with Gasteiger partial charge in [-0.25, -0.2) is 0 Å². The second-order valence-corrected chi connectivity index (χ2v) is 6.43. The number of benzene rings is 2. The largest absolute Gasteiger partial charge is 0.506 e. The molecular formula is C24H25N3O3. The summed E-state index contributed by atoms with van der Waals surface area (Å²) in [5.74, 6) is -0.207. The van der Waals surface area contributed by atoms with Gasteiger partial charge in [0.2, 0.25) is 0 Å². The Morgan fingerprint density at radius 2 is 1.70 bits per heavy atom. The number of allylic oxidation sites excluding steroid dienone is 4. The van der Waals surface area contributed by atoms with E-state index in [4.69, 9.17) is 21.3 Å². The van der Waals surface area contributed by atoms with Crippen molar-refractivity contribution in [3.63, 3.8) is 0 Å². The van der Waals surface area contributed by atoms with Crippen molar-refractivity contribution in [1.29, 1.82) is 10.8 Å². The zero-order valence-corrected chi connectivity index (χ0v) is 16.5. The molecule has 0 unspecified atom stereocenters. The molecule has 1 aliphatic carbocycles. The fourth-order valence-electron chi connectivity index (χ4n) is 2.45. The maximum atomic E-state index is 11.6. The lowest BCUT2D eigenvalue weighted by Gasteiger charge is -2.04. The van der Waals surface area contributed by atoms with Crippen LogP contribution in [0.2, 0.25) is 0 Å². The molecule has 6 heteroatoms. The number of nitrogens with two attached hydrogens (primary N) is 1. The normalized spacial score (nSPS) is 12.5. The Balaban J connectivity index is 0.000000335. The number of aryl methyl sites for hydroxylation is 1. The molecule has 0 fully saturated rings. The fraction of sp³-hybridized carbons (Fsp3) is 0.125. The first kappa shape index (κ1) is 22.4. The molecule has 154 valence electrons. The topological polar surface area (TPSA) is 120 Å². The zero-order chi connectivity index (χ0) is 21.8. The first-order valence-electron chi connectivity index (χ1n) is 9.42. The summed E-state index contributed by atoms with van der Waals surface area (Å²) < 4.78 is 5.13. The SMILES string of the molecule is N=C1C=CC=CC1=N.Nc1cc(CCC(=O)OC/C=C/c2ccccc2)ccc1O. The third-order valence-corrected chi connectivity index (χ3v) is 4.09. The highest BCUT2D eigenvalue weighted by Crippen LogP contribution is 2.21. The highest BCUT2D eigenvalue weighted by atomic mass is 16.5. The molecular weight excluding hydrogens is 378 g/mol. The van der Waals surface area contributed by atoms with Gasteiger partial charge in [0.25, 0.3) is 0 Å². The van der Waals surface area contributed by atoms with Gasteiger partial charge in [0.05, 0.1) is 17.1 Å². The van der Waals surface area contributed by atoms with E-state index in [9.17, 15) is 9.90 Å². The van der Waals surface area contributed by atoms with Crippen molar-refractivity contribution in [2.24, 2.45) is 0 Å². The minimum atomic E-state index is -0.260. The summed E-state index contributed by atoms with van der Waals surface area (Å²) in [5, 5.41) is 23.4. The molecule has 2 aromatic carbocycles. The van der Waals surface area contributed by atoms with Crippen LogP contribution in [0.5, 0.6) is 5.75 Å². The highest BCUT2D eigenvalue weighted by molar-refractivity contribution is 6.48. The van der Waals surface area contributed by atoms with Crippen LogP contribution in [-0.4, -0.2) is 29.1 Å². The molecule has 0 saturated heterocycles. The number of aromatic hydroxyl groups is 1. The molecule has 0 radical (unpaired) electrons. The van der Waals surface area contributed by atoms with Gasteiger partial charge in [-0.3, -0.25) is 15.6 Å². The minimum Gasteiger partial charge on any atom is -0.506 e. The number of carbonyl (C=O) groups excluding carboxylic acids is 1. The van der Waals surface area contributed by atoms with Crippen LogP contribution in [0.1, 0.15) is 17.5 Å². The highest BCUT2D eigenvalue weighted by Gasteiger charge is 2.04. The number of nitrogens with one attached hydrogen (secondary N) is 2. The number of nitrogen functional groups attached to an aromatic ring is 1. The second kappa shape index (κ2) is 11.8. The molecule has 6 nitrogen and oxygen atoms in total. The van der Waals surface area contributed by atoms with Crippen molar-refractivity contribution in [2.45, 2.75) is 12.8 Å². The van der Waals surface area contributed by atoms with Crippen molar-refractivity contribution in [2.75, 3.05) is 12.3 Å². The standard InChI is InChI=1S/C18H19NO3.C6H6N2/c19-16-13-15(8-10-17(16)20)9-11-18(21)22-12-4-7-14-5-2-1-3-6-14;7-5-3-1-2-4-6(5)8/h1-8,10,13,20H,9,11-12,19H2;1-4,7-8H/b7-4+;. The monoisotopic (exact) mass is 403 g/mol. The van der Waals surface area contributed by atoms with E-state index in [1.165, 1.54) is 6.07 Å². The van der Waals surface area contributed by atoms with Gasteiger partial charge < -0.3 is 15.6 Å². The number of phenolic OH excluding ortho intramolecular Hbond substituents is 1. The number of hydrogen-bond donors (Lipinski definition) is 4. The van der Waals surface area contributed by atoms with Crippen molar-refractivity contribution in [3.8, 4) is 5.75 Å². The number of carbonyl (C=O) groups is 1. The molecule has 0 aliphatic heterocycles. The number of ether oxygens (including phenoxy) is 1. The van der Waals surface area contributed by atoms with Crippen molar-refractivity contribution in [1.82, 2.24) is 0 Å². The molecule has 5 N–H and O–H groups in total. The quantitative estimate of drug-likeness (QED) is 0.248. The fourth-order valence-corrected chi connectivity index (χ4v) is 2.45. The number of phenols is 1. The lowest BCUT2D eigenvalue weighted by molar-refractivity contribution is -0.142. The predicted octanol–water partition coefficient (Wildman–Crippen LogP) is 4.32. The molecule has 0 heterocycles. The van der Waals surface area contributed by atoms with Gasteiger partial charge in [-0.05, 0) is 47.9 Å². The van der Waals surface area contributed by atoms with Crippen LogP contribution in [-0.2, 0) is 16.0 Å². The number of anilines is 1. The molecule has 0 spiro atoms. The van der Waals surface area contributed by atoms with Gasteiger partial charge in [-0.2, -0.15) is 0 Å². The van der Waals surface area contributed by atoms with E-state index in [-0.39, 0.29) is 36.2 Å². The van der Waals surface area contributed by atoms with Gasteiger partial charge >= 0.3 is 5.97 Å². The summed E-state index contributed by atoms with van der Waals surface area (Å²) in [6.07, 6.45) is 11.2. The molecule has 2 aromatic rings. The first-order valence-corrected chi connectivity index (χ1v) is 9.42. The molecule has 0 saturated carbocycles.